The molecule has 1 N–H and O–H groups in total. The van der Waals surface area contributed by atoms with Gasteiger partial charge < -0.3 is 14.8 Å². The predicted molar refractivity (Wildman–Crippen MR) is 89.2 cm³/mol. The molecule has 0 amide bonds. The predicted octanol–water partition coefficient (Wildman–Crippen LogP) is 3.60. The third kappa shape index (κ3) is 3.86. The van der Waals surface area contributed by atoms with Crippen molar-refractivity contribution in [3.63, 3.8) is 0 Å². The topological polar surface area (TPSA) is 30.5 Å². The first-order valence-electron chi connectivity index (χ1n) is 6.42. The van der Waals surface area contributed by atoms with Crippen molar-refractivity contribution in [3.05, 3.63) is 57.2 Å². The smallest absolute Gasteiger partial charge is 0.166 e. The van der Waals surface area contributed by atoms with E-state index in [1.807, 2.05) is 25.2 Å². The van der Waals surface area contributed by atoms with Gasteiger partial charge >= 0.3 is 0 Å². The Hall–Kier alpha value is -1.27. The zero-order chi connectivity index (χ0) is 14.4. The van der Waals surface area contributed by atoms with Crippen LogP contribution < -0.4 is 14.8 Å². The van der Waals surface area contributed by atoms with Gasteiger partial charge in [0.25, 0.3) is 0 Å². The van der Waals surface area contributed by atoms with Gasteiger partial charge in [-0.15, -0.1) is 0 Å². The molecule has 0 radical (unpaired) electrons. The molecule has 106 valence electrons. The Balaban J connectivity index is 2.16. The van der Waals surface area contributed by atoms with Crippen LogP contribution in [0.4, 0.5) is 0 Å². The third-order valence-corrected chi connectivity index (χ3v) is 3.66. The summed E-state index contributed by atoms with van der Waals surface area (Å²) in [6, 6.07) is 14.3. The SMILES string of the molecule is CNCc1cccc(OC)c1OCc1ccc(I)cc1. The Kier molecular flexibility index (Phi) is 5.67. The second-order valence-corrected chi connectivity index (χ2v) is 5.64. The molecule has 0 atom stereocenters. The number of para-hydroxylation sites is 1. The van der Waals surface area contributed by atoms with Crippen LogP contribution in [0.15, 0.2) is 42.5 Å². The molecule has 3 nitrogen and oxygen atoms in total. The molecule has 2 rings (SSSR count). The van der Waals surface area contributed by atoms with Crippen molar-refractivity contribution in [2.45, 2.75) is 13.2 Å². The van der Waals surface area contributed by atoms with Gasteiger partial charge in [-0.3, -0.25) is 0 Å². The maximum atomic E-state index is 5.97. The quantitative estimate of drug-likeness (QED) is 0.774. The highest BCUT2D eigenvalue weighted by molar-refractivity contribution is 14.1. The molecule has 0 bridgehead atoms. The van der Waals surface area contributed by atoms with Crippen LogP contribution in [0, 0.1) is 3.57 Å². The number of hydrogen-bond donors (Lipinski definition) is 1. The van der Waals surface area contributed by atoms with Crippen LogP contribution in [-0.4, -0.2) is 14.2 Å². The molecule has 20 heavy (non-hydrogen) atoms. The molecular weight excluding hydrogens is 365 g/mol. The van der Waals surface area contributed by atoms with Crippen molar-refractivity contribution in [3.8, 4) is 11.5 Å². The molecule has 2 aromatic carbocycles. The fourth-order valence-corrected chi connectivity index (χ4v) is 2.31. The molecule has 0 spiro atoms. The lowest BCUT2D eigenvalue weighted by Gasteiger charge is -2.15. The van der Waals surface area contributed by atoms with Crippen LogP contribution in [0.3, 0.4) is 0 Å². The Bertz CT molecular complexity index is 555. The normalized spacial score (nSPS) is 10.3. The molecule has 0 aliphatic heterocycles. The van der Waals surface area contributed by atoms with Gasteiger partial charge in [-0.25, -0.2) is 0 Å². The summed E-state index contributed by atoms with van der Waals surface area (Å²) in [5.74, 6) is 1.58. The fourth-order valence-electron chi connectivity index (χ4n) is 1.95. The second kappa shape index (κ2) is 7.50. The van der Waals surface area contributed by atoms with E-state index in [9.17, 15) is 0 Å². The molecule has 0 saturated carbocycles. The van der Waals surface area contributed by atoms with Gasteiger partial charge in [-0.2, -0.15) is 0 Å². The number of rotatable bonds is 6. The minimum atomic E-state index is 0.536. The van der Waals surface area contributed by atoms with E-state index < -0.39 is 0 Å². The lowest BCUT2D eigenvalue weighted by atomic mass is 10.2. The minimum Gasteiger partial charge on any atom is -0.493 e. The van der Waals surface area contributed by atoms with E-state index in [0.29, 0.717) is 6.61 Å². The van der Waals surface area contributed by atoms with E-state index in [-0.39, 0.29) is 0 Å². The number of halogens is 1. The largest absolute Gasteiger partial charge is 0.493 e. The van der Waals surface area contributed by atoms with Crippen LogP contribution >= 0.6 is 22.6 Å². The summed E-state index contributed by atoms with van der Waals surface area (Å²) >= 11 is 2.29. The Morgan fingerprint density at radius 3 is 2.50 bits per heavy atom. The van der Waals surface area contributed by atoms with Gasteiger partial charge in [0.2, 0.25) is 0 Å². The first kappa shape index (κ1) is 15.1. The summed E-state index contributed by atoms with van der Waals surface area (Å²) in [6.07, 6.45) is 0. The molecule has 4 heteroatoms. The summed E-state index contributed by atoms with van der Waals surface area (Å²) in [5.41, 5.74) is 2.24. The molecule has 0 unspecified atom stereocenters. The highest BCUT2D eigenvalue weighted by Gasteiger charge is 2.10. The van der Waals surface area contributed by atoms with E-state index in [4.69, 9.17) is 9.47 Å². The van der Waals surface area contributed by atoms with Crippen molar-refractivity contribution in [1.82, 2.24) is 5.32 Å². The molecule has 0 aliphatic carbocycles. The van der Waals surface area contributed by atoms with Gasteiger partial charge in [-0.05, 0) is 53.4 Å². The number of nitrogens with one attached hydrogen (secondary N) is 1. The molecule has 0 heterocycles. The monoisotopic (exact) mass is 383 g/mol. The van der Waals surface area contributed by atoms with Gasteiger partial charge in [0.05, 0.1) is 7.11 Å². The summed E-state index contributed by atoms with van der Waals surface area (Å²) in [5, 5.41) is 3.14. The van der Waals surface area contributed by atoms with Gasteiger partial charge in [0.15, 0.2) is 11.5 Å². The van der Waals surface area contributed by atoms with Crippen molar-refractivity contribution < 1.29 is 9.47 Å². The summed E-state index contributed by atoms with van der Waals surface area (Å²) < 4.78 is 12.6. The van der Waals surface area contributed by atoms with E-state index in [0.717, 1.165) is 29.2 Å². The average Bonchev–Trinajstić information content (AvgIpc) is 2.47. The van der Waals surface area contributed by atoms with E-state index in [1.165, 1.54) is 3.57 Å². The molecule has 0 aliphatic rings. The molecule has 0 saturated heterocycles. The summed E-state index contributed by atoms with van der Waals surface area (Å²) in [7, 11) is 3.58. The maximum Gasteiger partial charge on any atom is 0.166 e. The lowest BCUT2D eigenvalue weighted by Crippen LogP contribution is -2.08. The van der Waals surface area contributed by atoms with Crippen LogP contribution in [0.1, 0.15) is 11.1 Å². The second-order valence-electron chi connectivity index (χ2n) is 4.39. The third-order valence-electron chi connectivity index (χ3n) is 2.94. The van der Waals surface area contributed by atoms with E-state index in [1.54, 1.807) is 7.11 Å². The number of methoxy groups -OCH3 is 1. The van der Waals surface area contributed by atoms with Crippen LogP contribution in [0.25, 0.3) is 0 Å². The van der Waals surface area contributed by atoms with Crippen molar-refractivity contribution in [2.75, 3.05) is 14.2 Å². The first-order valence-corrected chi connectivity index (χ1v) is 7.50. The Morgan fingerprint density at radius 1 is 1.10 bits per heavy atom. The first-order chi connectivity index (χ1) is 9.74. The average molecular weight is 383 g/mol. The Morgan fingerprint density at radius 2 is 1.85 bits per heavy atom. The van der Waals surface area contributed by atoms with Gasteiger partial charge in [0.1, 0.15) is 6.61 Å². The van der Waals surface area contributed by atoms with Crippen LogP contribution in [-0.2, 0) is 13.2 Å². The van der Waals surface area contributed by atoms with Crippen molar-refractivity contribution >= 4 is 22.6 Å². The van der Waals surface area contributed by atoms with Crippen LogP contribution in [0.2, 0.25) is 0 Å². The molecule has 0 fully saturated rings. The number of ether oxygens (including phenoxy) is 2. The summed E-state index contributed by atoms with van der Waals surface area (Å²) in [4.78, 5) is 0. The zero-order valence-electron chi connectivity index (χ0n) is 11.7. The zero-order valence-corrected chi connectivity index (χ0v) is 13.8. The van der Waals surface area contributed by atoms with Gasteiger partial charge in [-0.1, -0.05) is 24.3 Å². The fraction of sp³-hybridized carbons (Fsp3) is 0.250. The Labute approximate surface area is 133 Å². The number of hydrogen-bond acceptors (Lipinski definition) is 3. The van der Waals surface area contributed by atoms with E-state index >= 15 is 0 Å². The molecule has 2 aromatic rings. The highest BCUT2D eigenvalue weighted by Crippen LogP contribution is 2.31. The van der Waals surface area contributed by atoms with Gasteiger partial charge in [0, 0.05) is 15.7 Å². The maximum absolute atomic E-state index is 5.97. The highest BCUT2D eigenvalue weighted by atomic mass is 127. The minimum absolute atomic E-state index is 0.536. The number of benzene rings is 2. The van der Waals surface area contributed by atoms with E-state index in [2.05, 4.69) is 52.2 Å². The summed E-state index contributed by atoms with van der Waals surface area (Å²) in [6.45, 7) is 1.28. The molecular formula is C16H18INO2. The lowest BCUT2D eigenvalue weighted by molar-refractivity contribution is 0.281. The molecule has 0 aromatic heterocycles. The van der Waals surface area contributed by atoms with Crippen LogP contribution in [0.5, 0.6) is 11.5 Å². The van der Waals surface area contributed by atoms with Crippen molar-refractivity contribution in [2.24, 2.45) is 0 Å². The standard InChI is InChI=1S/C16H18INO2/c1-18-10-13-4-3-5-15(19-2)16(13)20-11-12-6-8-14(17)9-7-12/h3-9,18H,10-11H2,1-2H3. The van der Waals surface area contributed by atoms with Crippen molar-refractivity contribution in [1.29, 1.82) is 0 Å².